The first kappa shape index (κ1) is 22.5. The van der Waals surface area contributed by atoms with Crippen molar-refractivity contribution in [2.75, 3.05) is 25.5 Å². The second-order valence-electron chi connectivity index (χ2n) is 8.38. The fraction of sp³-hybridized carbons (Fsp3) is 0.348. The topological polar surface area (TPSA) is 90.1 Å². The minimum atomic E-state index is -1.20. The molecule has 1 unspecified atom stereocenters. The molecule has 0 spiro atoms. The molecule has 0 saturated carbocycles. The van der Waals surface area contributed by atoms with Crippen LogP contribution in [-0.2, 0) is 24.1 Å². The number of aromatic nitrogens is 2. The molecule has 0 fully saturated rings. The summed E-state index contributed by atoms with van der Waals surface area (Å²) in [5, 5.41) is 5.92. The molecule has 32 heavy (non-hydrogen) atoms. The molecule has 3 N–H and O–H groups in total. The predicted molar refractivity (Wildman–Crippen MR) is 127 cm³/mol. The van der Waals surface area contributed by atoms with E-state index in [9.17, 15) is 9.59 Å². The number of H-pyrrole nitrogens is 1. The van der Waals surface area contributed by atoms with Crippen LogP contribution in [0.1, 0.15) is 33.4 Å². The lowest BCUT2D eigenvalue weighted by Crippen LogP contribution is -2.56. The van der Waals surface area contributed by atoms with Crippen molar-refractivity contribution in [2.24, 2.45) is 0 Å². The molecule has 0 bridgehead atoms. The van der Waals surface area contributed by atoms with Crippen molar-refractivity contribution in [1.29, 1.82) is 0 Å². The maximum absolute atomic E-state index is 13.4. The molecular weight excluding hydrogens is 446 g/mol. The van der Waals surface area contributed by atoms with Crippen molar-refractivity contribution in [3.8, 4) is 0 Å². The summed E-state index contributed by atoms with van der Waals surface area (Å²) in [7, 11) is 2.12. The number of nitrogens with one attached hydrogen (secondary N) is 3. The number of anilines is 1. The third-order valence-electron chi connectivity index (χ3n) is 5.78. The van der Waals surface area contributed by atoms with E-state index < -0.39 is 5.54 Å². The zero-order valence-corrected chi connectivity index (χ0v) is 19.6. The molecule has 1 aliphatic heterocycles. The number of carbonyl (C=O) groups is 2. The zero-order valence-electron chi connectivity index (χ0n) is 18.1. The van der Waals surface area contributed by atoms with Gasteiger partial charge in [-0.15, -0.1) is 11.3 Å². The van der Waals surface area contributed by atoms with E-state index in [0.29, 0.717) is 9.21 Å². The highest BCUT2D eigenvalue weighted by atomic mass is 35.5. The van der Waals surface area contributed by atoms with E-state index in [4.69, 9.17) is 11.6 Å². The van der Waals surface area contributed by atoms with Gasteiger partial charge in [0.15, 0.2) is 0 Å². The normalized spacial score (nSPS) is 16.0. The van der Waals surface area contributed by atoms with Crippen molar-refractivity contribution in [1.82, 2.24) is 20.2 Å². The average Bonchev–Trinajstić information content (AvgIpc) is 3.39. The van der Waals surface area contributed by atoms with Gasteiger partial charge in [-0.1, -0.05) is 17.7 Å². The number of halogens is 1. The summed E-state index contributed by atoms with van der Waals surface area (Å²) in [5.41, 5.74) is 2.84. The molecule has 1 aliphatic rings. The largest absolute Gasteiger partial charge is 0.348 e. The number of benzene rings is 1. The van der Waals surface area contributed by atoms with Gasteiger partial charge in [0.1, 0.15) is 5.54 Å². The van der Waals surface area contributed by atoms with Crippen LogP contribution in [0.2, 0.25) is 4.34 Å². The predicted octanol–water partition coefficient (Wildman–Crippen LogP) is 3.52. The second-order valence-corrected chi connectivity index (χ2v) is 10.1. The molecule has 4 rings (SSSR count). The summed E-state index contributed by atoms with van der Waals surface area (Å²) in [5.74, 6) is -0.641. The fourth-order valence-corrected chi connectivity index (χ4v) is 4.81. The van der Waals surface area contributed by atoms with Crippen molar-refractivity contribution < 1.29 is 9.59 Å². The van der Waals surface area contributed by atoms with Gasteiger partial charge in [-0.3, -0.25) is 9.59 Å². The lowest BCUT2D eigenvalue weighted by atomic mass is 9.94. The summed E-state index contributed by atoms with van der Waals surface area (Å²) < 4.78 is 0.519. The van der Waals surface area contributed by atoms with Crippen LogP contribution in [0, 0.1) is 0 Å². The summed E-state index contributed by atoms with van der Waals surface area (Å²) >= 11 is 7.16. The van der Waals surface area contributed by atoms with Gasteiger partial charge in [0.25, 0.3) is 5.91 Å². The average molecular weight is 472 g/mol. The molecule has 1 aromatic carbocycles. The maximum Gasteiger partial charge on any atom is 0.262 e. The smallest absolute Gasteiger partial charge is 0.262 e. The van der Waals surface area contributed by atoms with Crippen LogP contribution >= 0.6 is 22.9 Å². The van der Waals surface area contributed by atoms with Crippen LogP contribution in [0.3, 0.4) is 0 Å². The van der Waals surface area contributed by atoms with Crippen molar-refractivity contribution in [3.63, 3.8) is 0 Å². The number of rotatable bonds is 6. The number of amides is 2. The molecule has 2 amide bonds. The number of aromatic amines is 1. The van der Waals surface area contributed by atoms with Crippen LogP contribution in [0.5, 0.6) is 0 Å². The van der Waals surface area contributed by atoms with Crippen LogP contribution < -0.4 is 10.6 Å². The van der Waals surface area contributed by atoms with Gasteiger partial charge in [0, 0.05) is 37.1 Å². The monoisotopic (exact) mass is 471 g/mol. The Bertz CT molecular complexity index is 1110. The number of hydrogen-bond acceptors (Lipinski definition) is 5. The van der Waals surface area contributed by atoms with Gasteiger partial charge in [0.05, 0.1) is 15.5 Å². The number of likely N-dealkylation sites (N-methyl/N-ethyl adjacent to an activating group) is 1. The van der Waals surface area contributed by atoms with Crippen LogP contribution in [0.15, 0.2) is 42.9 Å². The molecule has 1 atom stereocenters. The fourth-order valence-electron chi connectivity index (χ4n) is 3.88. The molecular formula is C23H26ClN5O2S. The molecule has 0 radical (unpaired) electrons. The Balaban J connectivity index is 1.55. The Morgan fingerprint density at radius 3 is 2.69 bits per heavy atom. The Kier molecular flexibility index (Phi) is 6.64. The minimum absolute atomic E-state index is 0.263. The van der Waals surface area contributed by atoms with Gasteiger partial charge in [-0.05, 0) is 62.2 Å². The lowest BCUT2D eigenvalue weighted by Gasteiger charge is -2.29. The molecule has 3 heterocycles. The van der Waals surface area contributed by atoms with Crippen molar-refractivity contribution in [2.45, 2.75) is 31.7 Å². The van der Waals surface area contributed by atoms with Gasteiger partial charge < -0.3 is 20.5 Å². The van der Waals surface area contributed by atoms with Gasteiger partial charge in [-0.25, -0.2) is 4.98 Å². The first-order valence-electron chi connectivity index (χ1n) is 10.5. The Morgan fingerprint density at radius 1 is 1.22 bits per heavy atom. The quantitative estimate of drug-likeness (QED) is 0.513. The highest BCUT2D eigenvalue weighted by molar-refractivity contribution is 7.18. The highest BCUT2D eigenvalue weighted by Gasteiger charge is 2.36. The van der Waals surface area contributed by atoms with E-state index in [1.54, 1.807) is 31.6 Å². The SMILES string of the molecule is CN1CCc2ccc(NC(=O)C(C)(Cc3cnc[nH]3)NC(=O)c3ccc(Cl)s3)cc2CC1. The summed E-state index contributed by atoms with van der Waals surface area (Å²) in [6.07, 6.45) is 5.41. The van der Waals surface area contributed by atoms with E-state index in [2.05, 4.69) is 38.6 Å². The number of carbonyl (C=O) groups excluding carboxylic acids is 2. The number of fused-ring (bicyclic) bond motifs is 1. The highest BCUT2D eigenvalue weighted by Crippen LogP contribution is 2.24. The molecule has 3 aromatic rings. The van der Waals surface area contributed by atoms with Crippen LogP contribution in [0.4, 0.5) is 5.69 Å². The lowest BCUT2D eigenvalue weighted by molar-refractivity contribution is -0.121. The minimum Gasteiger partial charge on any atom is -0.348 e. The third kappa shape index (κ3) is 5.20. The van der Waals surface area contributed by atoms with Crippen LogP contribution in [0.25, 0.3) is 0 Å². The number of imidazole rings is 1. The Morgan fingerprint density at radius 2 is 2.00 bits per heavy atom. The van der Waals surface area contributed by atoms with Crippen molar-refractivity contribution in [3.05, 3.63) is 68.9 Å². The number of nitrogens with zero attached hydrogens (tertiary/aromatic N) is 2. The molecule has 0 aliphatic carbocycles. The molecule has 7 nitrogen and oxygen atoms in total. The van der Waals surface area contributed by atoms with E-state index >= 15 is 0 Å². The molecule has 9 heteroatoms. The molecule has 0 saturated heterocycles. The van der Waals surface area contributed by atoms with Crippen LogP contribution in [-0.4, -0.2) is 52.4 Å². The van der Waals surface area contributed by atoms with Gasteiger partial charge in [0.2, 0.25) is 5.91 Å². The number of hydrogen-bond donors (Lipinski definition) is 3. The van der Waals surface area contributed by atoms with Crippen molar-refractivity contribution >= 4 is 40.4 Å². The van der Waals surface area contributed by atoms with Gasteiger partial charge in [-0.2, -0.15) is 0 Å². The van der Waals surface area contributed by atoms with E-state index in [-0.39, 0.29) is 18.2 Å². The summed E-state index contributed by atoms with van der Waals surface area (Å²) in [6.45, 7) is 3.73. The van der Waals surface area contributed by atoms with E-state index in [1.165, 1.54) is 22.5 Å². The first-order chi connectivity index (χ1) is 15.3. The molecule has 2 aromatic heterocycles. The zero-order chi connectivity index (χ0) is 22.7. The molecule has 168 valence electrons. The first-order valence-corrected chi connectivity index (χ1v) is 11.7. The summed E-state index contributed by atoms with van der Waals surface area (Å²) in [4.78, 5) is 36.1. The Labute approximate surface area is 196 Å². The third-order valence-corrected chi connectivity index (χ3v) is 7.01. The number of thiophene rings is 1. The van der Waals surface area contributed by atoms with E-state index in [1.807, 2.05) is 12.1 Å². The summed E-state index contributed by atoms with van der Waals surface area (Å²) in [6, 6.07) is 9.38. The standard InChI is InChI=1S/C23H26ClN5O2S/c1-23(12-18-13-25-14-26-18,28-21(30)19-5-6-20(24)32-19)22(31)27-17-4-3-15-7-9-29(2)10-8-16(15)11-17/h3-6,11,13-14H,7-10,12H2,1-2H3,(H,25,26)(H,27,31)(H,28,30). The van der Waals surface area contributed by atoms with Gasteiger partial charge >= 0.3 is 0 Å². The maximum atomic E-state index is 13.4. The second kappa shape index (κ2) is 9.44. The Hall–Kier alpha value is -2.68. The van der Waals surface area contributed by atoms with E-state index in [0.717, 1.165) is 37.3 Å².